The zero-order valence-corrected chi connectivity index (χ0v) is 14.0. The van der Waals surface area contributed by atoms with Crippen molar-refractivity contribution in [2.45, 2.75) is 64.3 Å². The van der Waals surface area contributed by atoms with Crippen LogP contribution in [0, 0.1) is 13.8 Å². The molecule has 0 fully saturated rings. The van der Waals surface area contributed by atoms with Gasteiger partial charge in [0.15, 0.2) is 0 Å². The van der Waals surface area contributed by atoms with E-state index in [1.165, 1.54) is 6.92 Å². The molecule has 7 heteroatoms. The summed E-state index contributed by atoms with van der Waals surface area (Å²) in [5, 5.41) is 9.09. The van der Waals surface area contributed by atoms with Crippen LogP contribution in [0.25, 0.3) is 0 Å². The fraction of sp³-hybridized carbons (Fsp3) is 0.643. The van der Waals surface area contributed by atoms with E-state index in [0.29, 0.717) is 25.0 Å². The Morgan fingerprint density at radius 3 is 2.00 bits per heavy atom. The third-order valence-corrected chi connectivity index (χ3v) is 6.08. The van der Waals surface area contributed by atoms with E-state index in [1.807, 2.05) is 20.8 Å². The standard InChI is InChI=1S/C14H24N2O4S/c1-6-14(7-2,8-3)16-21(19,20)12-9(4)11(13(17)18)15-10(12)5/h15-16H,6-8H2,1-5H3,(H,17,18). The minimum atomic E-state index is -3.77. The van der Waals surface area contributed by atoms with E-state index in [2.05, 4.69) is 9.71 Å². The molecule has 1 aromatic rings. The first-order valence-electron chi connectivity index (χ1n) is 7.10. The zero-order chi connectivity index (χ0) is 16.4. The molecule has 0 aliphatic heterocycles. The third-order valence-electron chi connectivity index (χ3n) is 4.23. The number of carboxylic acids is 1. The Labute approximate surface area is 126 Å². The maximum Gasteiger partial charge on any atom is 0.352 e. The van der Waals surface area contributed by atoms with Crippen molar-refractivity contribution < 1.29 is 18.3 Å². The molecule has 0 radical (unpaired) electrons. The molecule has 1 rings (SSSR count). The molecule has 0 aliphatic rings. The normalized spacial score (nSPS) is 12.6. The second kappa shape index (κ2) is 6.19. The molecule has 0 aliphatic carbocycles. The summed E-state index contributed by atoms with van der Waals surface area (Å²) in [5.41, 5.74) is 0.000502. The lowest BCUT2D eigenvalue weighted by Crippen LogP contribution is -2.47. The maximum absolute atomic E-state index is 12.7. The topological polar surface area (TPSA) is 99.3 Å². The van der Waals surface area contributed by atoms with Gasteiger partial charge in [0.2, 0.25) is 10.0 Å². The van der Waals surface area contributed by atoms with E-state index in [-0.39, 0.29) is 16.2 Å². The quantitative estimate of drug-likeness (QED) is 0.720. The summed E-state index contributed by atoms with van der Waals surface area (Å²) >= 11 is 0. The average molecular weight is 316 g/mol. The van der Waals surface area contributed by atoms with Crippen molar-refractivity contribution >= 4 is 16.0 Å². The number of H-pyrrole nitrogens is 1. The van der Waals surface area contributed by atoms with Gasteiger partial charge in [-0.15, -0.1) is 0 Å². The second-order valence-corrected chi connectivity index (χ2v) is 6.95. The Morgan fingerprint density at radius 2 is 1.67 bits per heavy atom. The van der Waals surface area contributed by atoms with Gasteiger partial charge in [0, 0.05) is 16.8 Å². The summed E-state index contributed by atoms with van der Waals surface area (Å²) in [5.74, 6) is -1.16. The molecule has 1 heterocycles. The first kappa shape index (κ1) is 17.7. The van der Waals surface area contributed by atoms with Gasteiger partial charge in [-0.3, -0.25) is 0 Å². The van der Waals surface area contributed by atoms with Crippen LogP contribution < -0.4 is 4.72 Å². The molecule has 21 heavy (non-hydrogen) atoms. The van der Waals surface area contributed by atoms with Crippen LogP contribution in [0.5, 0.6) is 0 Å². The number of aromatic carboxylic acids is 1. The van der Waals surface area contributed by atoms with E-state index in [4.69, 9.17) is 5.11 Å². The third kappa shape index (κ3) is 3.29. The molecule has 120 valence electrons. The number of rotatable bonds is 7. The number of nitrogens with one attached hydrogen (secondary N) is 2. The van der Waals surface area contributed by atoms with Crippen LogP contribution in [-0.2, 0) is 10.0 Å². The maximum atomic E-state index is 12.7. The van der Waals surface area contributed by atoms with E-state index >= 15 is 0 Å². The van der Waals surface area contributed by atoms with Gasteiger partial charge in [-0.1, -0.05) is 20.8 Å². The zero-order valence-electron chi connectivity index (χ0n) is 13.2. The molecule has 0 spiro atoms. The molecule has 0 amide bonds. The summed E-state index contributed by atoms with van der Waals surface area (Å²) < 4.78 is 28.1. The van der Waals surface area contributed by atoms with Gasteiger partial charge < -0.3 is 10.1 Å². The number of hydrogen-bond acceptors (Lipinski definition) is 3. The van der Waals surface area contributed by atoms with Crippen molar-refractivity contribution in [3.63, 3.8) is 0 Å². The van der Waals surface area contributed by atoms with Crippen LogP contribution in [-0.4, -0.2) is 30.0 Å². The lowest BCUT2D eigenvalue weighted by atomic mass is 9.91. The van der Waals surface area contributed by atoms with E-state index in [9.17, 15) is 13.2 Å². The van der Waals surface area contributed by atoms with Gasteiger partial charge in [0.25, 0.3) is 0 Å². The van der Waals surface area contributed by atoms with Crippen LogP contribution in [0.15, 0.2) is 4.90 Å². The van der Waals surface area contributed by atoms with Crippen LogP contribution in [0.1, 0.15) is 61.8 Å². The summed E-state index contributed by atoms with van der Waals surface area (Å²) in [6.07, 6.45) is 2.02. The van der Waals surface area contributed by atoms with E-state index < -0.39 is 21.5 Å². The molecule has 3 N–H and O–H groups in total. The number of aryl methyl sites for hydroxylation is 1. The Balaban J connectivity index is 3.36. The van der Waals surface area contributed by atoms with Crippen LogP contribution in [0.2, 0.25) is 0 Å². The molecule has 0 saturated heterocycles. The number of carbonyl (C=O) groups is 1. The molecular formula is C14H24N2O4S. The summed E-state index contributed by atoms with van der Waals surface area (Å²) in [6, 6.07) is 0. The smallest absolute Gasteiger partial charge is 0.352 e. The van der Waals surface area contributed by atoms with Crippen LogP contribution >= 0.6 is 0 Å². The highest BCUT2D eigenvalue weighted by atomic mass is 32.2. The average Bonchev–Trinajstić information content (AvgIpc) is 2.72. The fourth-order valence-electron chi connectivity index (χ4n) is 2.65. The minimum absolute atomic E-state index is 0.0413. The summed E-state index contributed by atoms with van der Waals surface area (Å²) in [4.78, 5) is 13.8. The van der Waals surface area contributed by atoms with Crippen LogP contribution in [0.3, 0.4) is 0 Å². The SMILES string of the molecule is CCC(CC)(CC)NS(=O)(=O)c1c(C)[nH]c(C(=O)O)c1C. The molecule has 6 nitrogen and oxygen atoms in total. The Hall–Kier alpha value is -1.34. The number of sulfonamides is 1. The Kier molecular flexibility index (Phi) is 5.22. The minimum Gasteiger partial charge on any atom is -0.477 e. The van der Waals surface area contributed by atoms with Gasteiger partial charge in [-0.2, -0.15) is 0 Å². The van der Waals surface area contributed by atoms with Crippen molar-refractivity contribution in [3.8, 4) is 0 Å². The predicted octanol–water partition coefficient (Wildman–Crippen LogP) is 2.58. The number of aromatic amines is 1. The first-order chi connectivity index (χ1) is 9.64. The Bertz CT molecular complexity index is 619. The predicted molar refractivity (Wildman–Crippen MR) is 81.2 cm³/mol. The highest BCUT2D eigenvalue weighted by Gasteiger charge is 2.34. The lowest BCUT2D eigenvalue weighted by Gasteiger charge is -2.31. The molecule has 0 aromatic carbocycles. The van der Waals surface area contributed by atoms with Gasteiger partial charge in [-0.25, -0.2) is 17.9 Å². The monoisotopic (exact) mass is 316 g/mol. The molecule has 0 atom stereocenters. The van der Waals surface area contributed by atoms with Crippen molar-refractivity contribution in [1.82, 2.24) is 9.71 Å². The van der Waals surface area contributed by atoms with Gasteiger partial charge in [-0.05, 0) is 33.1 Å². The summed E-state index contributed by atoms with van der Waals surface area (Å²) in [7, 11) is -3.77. The molecule has 0 unspecified atom stereocenters. The number of hydrogen-bond donors (Lipinski definition) is 3. The fourth-order valence-corrected chi connectivity index (χ4v) is 4.72. The van der Waals surface area contributed by atoms with Crippen molar-refractivity contribution in [1.29, 1.82) is 0 Å². The van der Waals surface area contributed by atoms with Gasteiger partial charge in [0.05, 0.1) is 0 Å². The Morgan fingerprint density at radius 1 is 1.19 bits per heavy atom. The molecular weight excluding hydrogens is 292 g/mol. The highest BCUT2D eigenvalue weighted by molar-refractivity contribution is 7.89. The number of aromatic nitrogens is 1. The number of carboxylic acid groups (broad SMARTS) is 1. The summed E-state index contributed by atoms with van der Waals surface area (Å²) in [6.45, 7) is 8.89. The first-order valence-corrected chi connectivity index (χ1v) is 8.58. The lowest BCUT2D eigenvalue weighted by molar-refractivity contribution is 0.0690. The van der Waals surface area contributed by atoms with Crippen molar-refractivity contribution in [2.24, 2.45) is 0 Å². The second-order valence-electron chi connectivity index (χ2n) is 5.33. The highest BCUT2D eigenvalue weighted by Crippen LogP contribution is 2.27. The molecule has 0 saturated carbocycles. The van der Waals surface area contributed by atoms with Gasteiger partial charge in [0.1, 0.15) is 10.6 Å². The molecule has 1 aromatic heterocycles. The van der Waals surface area contributed by atoms with Gasteiger partial charge >= 0.3 is 5.97 Å². The van der Waals surface area contributed by atoms with E-state index in [1.54, 1.807) is 6.92 Å². The van der Waals surface area contributed by atoms with E-state index in [0.717, 1.165) is 0 Å². The largest absolute Gasteiger partial charge is 0.477 e. The van der Waals surface area contributed by atoms with Crippen LogP contribution in [0.4, 0.5) is 0 Å². The molecule has 0 bridgehead atoms. The van der Waals surface area contributed by atoms with Crippen molar-refractivity contribution in [3.05, 3.63) is 17.0 Å². The van der Waals surface area contributed by atoms with Crippen molar-refractivity contribution in [2.75, 3.05) is 0 Å².